The highest BCUT2D eigenvalue weighted by atomic mass is 19.1. The van der Waals surface area contributed by atoms with Crippen molar-refractivity contribution in [2.75, 3.05) is 0 Å². The molecule has 1 aliphatic heterocycles. The van der Waals surface area contributed by atoms with Gasteiger partial charge in [0.15, 0.2) is 5.78 Å². The van der Waals surface area contributed by atoms with Gasteiger partial charge in [0.1, 0.15) is 5.82 Å². The Bertz CT molecular complexity index is 1580. The molecule has 3 aliphatic carbocycles. The van der Waals surface area contributed by atoms with Crippen LogP contribution in [0.4, 0.5) is 4.39 Å². The number of benzene rings is 2. The van der Waals surface area contributed by atoms with Crippen molar-refractivity contribution in [1.82, 2.24) is 5.32 Å². The first-order valence-electron chi connectivity index (χ1n) is 11.8. The number of azo groups is 1. The summed E-state index contributed by atoms with van der Waals surface area (Å²) in [5.41, 5.74) is 7.76. The van der Waals surface area contributed by atoms with E-state index in [0.717, 1.165) is 61.5 Å². The molecule has 4 aliphatic rings. The molecule has 6 rings (SSSR count). The van der Waals surface area contributed by atoms with Gasteiger partial charge in [0.2, 0.25) is 0 Å². The minimum absolute atomic E-state index is 0.00133. The quantitative estimate of drug-likeness (QED) is 0.649. The third kappa shape index (κ3) is 3.46. The van der Waals surface area contributed by atoms with Gasteiger partial charge in [-0.2, -0.15) is 10.2 Å². The van der Waals surface area contributed by atoms with Gasteiger partial charge in [-0.05, 0) is 69.8 Å². The molecule has 1 heterocycles. The number of rotatable bonds is 2. The molecule has 2 atom stereocenters. The molecule has 2 aromatic rings. The SMILES string of the molecule is CC1=c2ccc3c(c2C(C)C=C1)C(=O)C=C1C(C2=CN=NC=CN2)=CCC(c2ccc(F)cc2)C=31. The van der Waals surface area contributed by atoms with Crippen LogP contribution in [0, 0.1) is 5.82 Å². The van der Waals surface area contributed by atoms with Crippen molar-refractivity contribution in [3.8, 4) is 0 Å². The molecule has 35 heavy (non-hydrogen) atoms. The van der Waals surface area contributed by atoms with E-state index < -0.39 is 0 Å². The third-order valence-electron chi connectivity index (χ3n) is 7.26. The fourth-order valence-electron chi connectivity index (χ4n) is 5.62. The lowest BCUT2D eigenvalue weighted by atomic mass is 9.71. The van der Waals surface area contributed by atoms with Crippen LogP contribution < -0.4 is 15.8 Å². The Hall–Kier alpha value is -4.12. The Labute approximate surface area is 203 Å². The van der Waals surface area contributed by atoms with Crippen molar-refractivity contribution >= 4 is 16.9 Å². The molecule has 172 valence electrons. The highest BCUT2D eigenvalue weighted by Crippen LogP contribution is 2.44. The number of fused-ring (bicyclic) bond motifs is 4. The van der Waals surface area contributed by atoms with E-state index in [-0.39, 0.29) is 23.4 Å². The van der Waals surface area contributed by atoms with Gasteiger partial charge in [-0.1, -0.05) is 49.4 Å². The smallest absolute Gasteiger partial charge is 0.187 e. The van der Waals surface area contributed by atoms with Crippen LogP contribution in [-0.4, -0.2) is 5.78 Å². The van der Waals surface area contributed by atoms with Crippen molar-refractivity contribution in [2.45, 2.75) is 32.1 Å². The molecule has 0 fully saturated rings. The van der Waals surface area contributed by atoms with Crippen molar-refractivity contribution in [3.63, 3.8) is 0 Å². The maximum absolute atomic E-state index is 13.8. The molecule has 2 unspecified atom stereocenters. The van der Waals surface area contributed by atoms with Crippen LogP contribution in [0.1, 0.15) is 53.6 Å². The fourth-order valence-corrected chi connectivity index (χ4v) is 5.62. The topological polar surface area (TPSA) is 53.8 Å². The lowest BCUT2D eigenvalue weighted by Gasteiger charge is -2.33. The van der Waals surface area contributed by atoms with Gasteiger partial charge in [-0.25, -0.2) is 4.39 Å². The molecule has 2 aromatic carbocycles. The summed E-state index contributed by atoms with van der Waals surface area (Å²) in [6, 6.07) is 10.9. The van der Waals surface area contributed by atoms with E-state index >= 15 is 0 Å². The van der Waals surface area contributed by atoms with E-state index in [9.17, 15) is 9.18 Å². The van der Waals surface area contributed by atoms with E-state index in [0.29, 0.717) is 0 Å². The Kier molecular flexibility index (Phi) is 5.06. The predicted octanol–water partition coefficient (Wildman–Crippen LogP) is 5.42. The maximum atomic E-state index is 13.8. The summed E-state index contributed by atoms with van der Waals surface area (Å²) < 4.78 is 13.8. The molecule has 0 amide bonds. The Balaban J connectivity index is 1.66. The minimum Gasteiger partial charge on any atom is -0.358 e. The van der Waals surface area contributed by atoms with E-state index in [1.807, 2.05) is 12.1 Å². The van der Waals surface area contributed by atoms with Crippen molar-refractivity contribution < 1.29 is 9.18 Å². The van der Waals surface area contributed by atoms with Crippen LogP contribution in [0.15, 0.2) is 106 Å². The van der Waals surface area contributed by atoms with E-state index in [1.54, 1.807) is 24.7 Å². The van der Waals surface area contributed by atoms with Crippen molar-refractivity contribution in [2.24, 2.45) is 10.2 Å². The second kappa shape index (κ2) is 8.27. The minimum atomic E-state index is -0.258. The summed E-state index contributed by atoms with van der Waals surface area (Å²) in [4.78, 5) is 13.8. The molecule has 0 spiro atoms. The van der Waals surface area contributed by atoms with Crippen LogP contribution in [-0.2, 0) is 0 Å². The lowest BCUT2D eigenvalue weighted by Crippen LogP contribution is -2.34. The summed E-state index contributed by atoms with van der Waals surface area (Å²) in [5.74, 6) is -0.101. The Morgan fingerprint density at radius 1 is 1.03 bits per heavy atom. The summed E-state index contributed by atoms with van der Waals surface area (Å²) >= 11 is 0. The van der Waals surface area contributed by atoms with Gasteiger partial charge in [-0.3, -0.25) is 4.79 Å². The molecule has 0 radical (unpaired) electrons. The highest BCUT2D eigenvalue weighted by molar-refractivity contribution is 6.12. The summed E-state index contributed by atoms with van der Waals surface area (Å²) in [7, 11) is 0. The van der Waals surface area contributed by atoms with E-state index in [2.05, 4.69) is 59.8 Å². The average Bonchev–Trinajstić information content (AvgIpc) is 3.15. The number of carbonyl (C=O) groups excluding carboxylic acids is 1. The number of ketones is 1. The molecule has 0 aromatic heterocycles. The summed E-state index contributed by atoms with van der Waals surface area (Å²) in [6.07, 6.45) is 13.9. The zero-order chi connectivity index (χ0) is 24.1. The van der Waals surface area contributed by atoms with Gasteiger partial charge in [0.25, 0.3) is 0 Å². The second-order valence-corrected chi connectivity index (χ2v) is 9.31. The van der Waals surface area contributed by atoms with Crippen LogP contribution in [0.3, 0.4) is 0 Å². The number of hydrogen-bond acceptors (Lipinski definition) is 4. The predicted molar refractivity (Wildman–Crippen MR) is 135 cm³/mol. The maximum Gasteiger partial charge on any atom is 0.187 e. The first-order chi connectivity index (χ1) is 17.0. The summed E-state index contributed by atoms with van der Waals surface area (Å²) in [5, 5.41) is 13.4. The van der Waals surface area contributed by atoms with Crippen LogP contribution >= 0.6 is 0 Å². The molecular formula is C30H24FN3O. The average molecular weight is 462 g/mol. The highest BCUT2D eigenvalue weighted by Gasteiger charge is 2.34. The van der Waals surface area contributed by atoms with Crippen LogP contribution in [0.25, 0.3) is 11.1 Å². The molecule has 5 heteroatoms. The van der Waals surface area contributed by atoms with E-state index in [1.165, 1.54) is 12.1 Å². The Morgan fingerprint density at radius 3 is 2.66 bits per heavy atom. The standard InChI is InChI=1S/C30H24FN3O/c1-17-3-4-18(2)28-21(17)9-12-24-29-22(19-5-7-20(31)8-6-19)10-11-23(25(29)15-27(35)30(24)28)26-16-34-33-14-13-32-26/h3-9,11-16,18,22,32H,10H2,1-2H3. The zero-order valence-corrected chi connectivity index (χ0v) is 19.5. The number of nitrogens with zero attached hydrogens (tertiary/aromatic N) is 2. The molecule has 4 nitrogen and oxygen atoms in total. The number of hydrogen-bond donors (Lipinski definition) is 1. The first-order valence-corrected chi connectivity index (χ1v) is 11.8. The van der Waals surface area contributed by atoms with Gasteiger partial charge in [0, 0.05) is 29.2 Å². The van der Waals surface area contributed by atoms with Gasteiger partial charge < -0.3 is 5.32 Å². The van der Waals surface area contributed by atoms with Crippen molar-refractivity contribution in [3.05, 3.63) is 129 Å². The molecule has 0 saturated heterocycles. The molecule has 0 saturated carbocycles. The third-order valence-corrected chi connectivity index (χ3v) is 7.26. The van der Waals surface area contributed by atoms with Gasteiger partial charge in [0.05, 0.1) is 18.1 Å². The molecular weight excluding hydrogens is 437 g/mol. The van der Waals surface area contributed by atoms with Crippen LogP contribution in [0.5, 0.6) is 0 Å². The van der Waals surface area contributed by atoms with Crippen molar-refractivity contribution in [1.29, 1.82) is 0 Å². The second-order valence-electron chi connectivity index (χ2n) is 9.31. The number of halogens is 1. The Morgan fingerprint density at radius 2 is 1.83 bits per heavy atom. The number of allylic oxidation sites excluding steroid dienone is 5. The largest absolute Gasteiger partial charge is 0.358 e. The molecule has 0 bridgehead atoms. The van der Waals surface area contributed by atoms with Gasteiger partial charge >= 0.3 is 0 Å². The summed E-state index contributed by atoms with van der Waals surface area (Å²) in [6.45, 7) is 4.23. The van der Waals surface area contributed by atoms with Gasteiger partial charge in [-0.15, -0.1) is 0 Å². The normalized spacial score (nSPS) is 22.4. The fraction of sp³-hybridized carbons (Fsp3) is 0.167. The first kappa shape index (κ1) is 21.4. The lowest BCUT2D eigenvalue weighted by molar-refractivity contribution is 0.104. The van der Waals surface area contributed by atoms with E-state index in [4.69, 9.17) is 0 Å². The van der Waals surface area contributed by atoms with Crippen LogP contribution in [0.2, 0.25) is 0 Å². The number of nitrogens with one attached hydrogen (secondary N) is 1. The number of carbonyl (C=O) groups is 1. The zero-order valence-electron chi connectivity index (χ0n) is 19.5. The monoisotopic (exact) mass is 461 g/mol. The molecule has 1 N–H and O–H groups in total.